The molecule has 0 heterocycles. The molecule has 1 aliphatic carbocycles. The molecule has 14 heavy (non-hydrogen) atoms. The standard InChI is InChI=1S/C11H19NO2/c1-2-5-10(12)11(13)14-8-9-6-3-4-7-9/h2,9-10H,1,3-8,12H2. The summed E-state index contributed by atoms with van der Waals surface area (Å²) in [6.45, 7) is 4.08. The lowest BCUT2D eigenvalue weighted by Gasteiger charge is -2.12. The van der Waals surface area contributed by atoms with Crippen molar-refractivity contribution in [2.24, 2.45) is 11.7 Å². The molecule has 1 rings (SSSR count). The average molecular weight is 197 g/mol. The van der Waals surface area contributed by atoms with E-state index in [0.717, 1.165) is 0 Å². The highest BCUT2D eigenvalue weighted by Gasteiger charge is 2.19. The van der Waals surface area contributed by atoms with E-state index >= 15 is 0 Å². The van der Waals surface area contributed by atoms with Crippen LogP contribution in [0.1, 0.15) is 32.1 Å². The van der Waals surface area contributed by atoms with Gasteiger partial charge in [0.05, 0.1) is 6.61 Å². The van der Waals surface area contributed by atoms with E-state index in [2.05, 4.69) is 6.58 Å². The molecule has 1 fully saturated rings. The topological polar surface area (TPSA) is 52.3 Å². The lowest BCUT2D eigenvalue weighted by Crippen LogP contribution is -2.32. The minimum absolute atomic E-state index is 0.295. The van der Waals surface area contributed by atoms with Gasteiger partial charge < -0.3 is 10.5 Å². The highest BCUT2D eigenvalue weighted by Crippen LogP contribution is 2.24. The van der Waals surface area contributed by atoms with E-state index in [-0.39, 0.29) is 5.97 Å². The fraction of sp³-hybridized carbons (Fsp3) is 0.727. The molecule has 1 atom stereocenters. The van der Waals surface area contributed by atoms with Crippen LogP contribution in [-0.2, 0) is 9.53 Å². The van der Waals surface area contributed by atoms with Crippen molar-refractivity contribution < 1.29 is 9.53 Å². The van der Waals surface area contributed by atoms with E-state index in [0.29, 0.717) is 18.9 Å². The van der Waals surface area contributed by atoms with Gasteiger partial charge in [0.1, 0.15) is 6.04 Å². The number of rotatable bonds is 5. The summed E-state index contributed by atoms with van der Waals surface area (Å²) in [4.78, 5) is 11.3. The van der Waals surface area contributed by atoms with Gasteiger partial charge in [-0.1, -0.05) is 18.9 Å². The van der Waals surface area contributed by atoms with Gasteiger partial charge in [-0.2, -0.15) is 0 Å². The number of hydrogen-bond acceptors (Lipinski definition) is 3. The highest BCUT2D eigenvalue weighted by molar-refractivity contribution is 5.75. The smallest absolute Gasteiger partial charge is 0.323 e. The maximum Gasteiger partial charge on any atom is 0.323 e. The molecule has 0 radical (unpaired) electrons. The first-order chi connectivity index (χ1) is 6.74. The van der Waals surface area contributed by atoms with Crippen LogP contribution < -0.4 is 5.73 Å². The molecule has 0 amide bonds. The molecule has 0 saturated heterocycles. The maximum absolute atomic E-state index is 11.3. The first-order valence-electron chi connectivity index (χ1n) is 5.27. The second-order valence-electron chi connectivity index (χ2n) is 3.91. The summed E-state index contributed by atoms with van der Waals surface area (Å²) in [6, 6.07) is -0.533. The molecule has 1 saturated carbocycles. The van der Waals surface area contributed by atoms with Crippen molar-refractivity contribution in [2.75, 3.05) is 6.61 Å². The van der Waals surface area contributed by atoms with E-state index in [9.17, 15) is 4.79 Å². The van der Waals surface area contributed by atoms with Crippen molar-refractivity contribution in [3.8, 4) is 0 Å². The van der Waals surface area contributed by atoms with Gasteiger partial charge in [-0.05, 0) is 25.2 Å². The Kier molecular flexibility index (Phi) is 4.66. The van der Waals surface area contributed by atoms with Crippen LogP contribution in [0.5, 0.6) is 0 Å². The third kappa shape index (κ3) is 3.50. The van der Waals surface area contributed by atoms with Crippen molar-refractivity contribution in [1.82, 2.24) is 0 Å². The van der Waals surface area contributed by atoms with Crippen molar-refractivity contribution >= 4 is 5.97 Å². The number of ether oxygens (including phenoxy) is 1. The molecule has 0 bridgehead atoms. The molecule has 3 heteroatoms. The zero-order valence-electron chi connectivity index (χ0n) is 8.58. The monoisotopic (exact) mass is 197 g/mol. The fourth-order valence-electron chi connectivity index (χ4n) is 1.76. The predicted molar refractivity (Wildman–Crippen MR) is 55.7 cm³/mol. The molecule has 80 valence electrons. The minimum atomic E-state index is -0.533. The fourth-order valence-corrected chi connectivity index (χ4v) is 1.76. The zero-order valence-corrected chi connectivity index (χ0v) is 8.58. The summed E-state index contributed by atoms with van der Waals surface area (Å²) in [6.07, 6.45) is 7.03. The summed E-state index contributed by atoms with van der Waals surface area (Å²) in [5, 5.41) is 0. The Morgan fingerprint density at radius 1 is 1.57 bits per heavy atom. The third-order valence-electron chi connectivity index (χ3n) is 2.66. The number of carbonyl (C=O) groups is 1. The van der Waals surface area contributed by atoms with E-state index in [1.54, 1.807) is 6.08 Å². The second-order valence-corrected chi connectivity index (χ2v) is 3.91. The molecule has 1 aliphatic rings. The summed E-state index contributed by atoms with van der Waals surface area (Å²) in [5.74, 6) is 0.270. The predicted octanol–water partition coefficient (Wildman–Crippen LogP) is 1.62. The SMILES string of the molecule is C=CCC(N)C(=O)OCC1CCCC1. The van der Waals surface area contributed by atoms with Crippen molar-refractivity contribution in [1.29, 1.82) is 0 Å². The average Bonchev–Trinajstić information content (AvgIpc) is 2.67. The molecule has 3 nitrogen and oxygen atoms in total. The maximum atomic E-state index is 11.3. The summed E-state index contributed by atoms with van der Waals surface area (Å²) >= 11 is 0. The Morgan fingerprint density at radius 3 is 2.79 bits per heavy atom. The molecule has 0 spiro atoms. The molecule has 1 unspecified atom stereocenters. The van der Waals surface area contributed by atoms with Crippen LogP contribution in [0.15, 0.2) is 12.7 Å². The third-order valence-corrected chi connectivity index (χ3v) is 2.66. The van der Waals surface area contributed by atoms with Gasteiger partial charge in [-0.15, -0.1) is 6.58 Å². The van der Waals surface area contributed by atoms with E-state index in [1.165, 1.54) is 25.7 Å². The number of esters is 1. The quantitative estimate of drug-likeness (QED) is 0.538. The van der Waals surface area contributed by atoms with E-state index in [1.807, 2.05) is 0 Å². The number of hydrogen-bond donors (Lipinski definition) is 1. The summed E-state index contributed by atoms with van der Waals surface area (Å²) in [7, 11) is 0. The van der Waals surface area contributed by atoms with Gasteiger partial charge in [0.15, 0.2) is 0 Å². The van der Waals surface area contributed by atoms with Crippen LogP contribution in [0.4, 0.5) is 0 Å². The van der Waals surface area contributed by atoms with Crippen molar-refractivity contribution in [3.05, 3.63) is 12.7 Å². The Balaban J connectivity index is 2.16. The Bertz CT molecular complexity index is 197. The van der Waals surface area contributed by atoms with E-state index < -0.39 is 6.04 Å². The minimum Gasteiger partial charge on any atom is -0.464 e. The van der Waals surface area contributed by atoms with Crippen LogP contribution in [0.2, 0.25) is 0 Å². The first kappa shape index (κ1) is 11.2. The van der Waals surface area contributed by atoms with Crippen molar-refractivity contribution in [3.63, 3.8) is 0 Å². The molecular weight excluding hydrogens is 178 g/mol. The Labute approximate surface area is 85.3 Å². The molecule has 0 aromatic rings. The van der Waals surface area contributed by atoms with Gasteiger partial charge in [-0.3, -0.25) is 4.79 Å². The normalized spacial score (nSPS) is 19.2. The molecule has 0 aliphatic heterocycles. The Morgan fingerprint density at radius 2 is 2.21 bits per heavy atom. The highest BCUT2D eigenvalue weighted by atomic mass is 16.5. The number of carbonyl (C=O) groups excluding carboxylic acids is 1. The molecule has 2 N–H and O–H groups in total. The first-order valence-corrected chi connectivity index (χ1v) is 5.27. The van der Waals surface area contributed by atoms with Crippen LogP contribution in [0, 0.1) is 5.92 Å². The largest absolute Gasteiger partial charge is 0.464 e. The molecule has 0 aromatic heterocycles. The van der Waals surface area contributed by atoms with Crippen molar-refractivity contribution in [2.45, 2.75) is 38.1 Å². The molecule has 0 aromatic carbocycles. The van der Waals surface area contributed by atoms with Gasteiger partial charge >= 0.3 is 5.97 Å². The van der Waals surface area contributed by atoms with Gasteiger partial charge in [0.25, 0.3) is 0 Å². The Hall–Kier alpha value is -0.830. The van der Waals surface area contributed by atoms with Crippen LogP contribution in [-0.4, -0.2) is 18.6 Å². The lowest BCUT2D eigenvalue weighted by molar-refractivity contribution is -0.146. The van der Waals surface area contributed by atoms with Gasteiger partial charge in [-0.25, -0.2) is 0 Å². The van der Waals surface area contributed by atoms with E-state index in [4.69, 9.17) is 10.5 Å². The summed E-state index contributed by atoms with van der Waals surface area (Å²) < 4.78 is 5.13. The van der Waals surface area contributed by atoms with Crippen LogP contribution >= 0.6 is 0 Å². The zero-order chi connectivity index (χ0) is 10.4. The van der Waals surface area contributed by atoms with Gasteiger partial charge in [0.2, 0.25) is 0 Å². The van der Waals surface area contributed by atoms with Crippen LogP contribution in [0.3, 0.4) is 0 Å². The lowest BCUT2D eigenvalue weighted by atomic mass is 10.1. The van der Waals surface area contributed by atoms with Gasteiger partial charge in [0, 0.05) is 0 Å². The second kappa shape index (κ2) is 5.81. The summed E-state index contributed by atoms with van der Waals surface area (Å²) in [5.41, 5.74) is 5.57. The molecular formula is C11H19NO2. The number of nitrogens with two attached hydrogens (primary N) is 1. The van der Waals surface area contributed by atoms with Crippen LogP contribution in [0.25, 0.3) is 0 Å².